The van der Waals surface area contributed by atoms with Crippen LogP contribution in [0.1, 0.15) is 18.6 Å². The third kappa shape index (κ3) is 2.57. The maximum atomic E-state index is 5.44. The quantitative estimate of drug-likeness (QED) is 0.649. The highest BCUT2D eigenvalue weighted by molar-refractivity contribution is 9.10. The van der Waals surface area contributed by atoms with Crippen LogP contribution in [0.15, 0.2) is 33.6 Å². The zero-order valence-corrected chi connectivity index (χ0v) is 11.8. The van der Waals surface area contributed by atoms with Gasteiger partial charge in [-0.3, -0.25) is 0 Å². The average Bonchev–Trinajstić information content (AvgIpc) is 3.14. The van der Waals surface area contributed by atoms with Crippen LogP contribution >= 0.6 is 15.9 Å². The molecule has 3 N–H and O–H groups in total. The fraction of sp³-hybridized carbons (Fsp3) is 0.333. The lowest BCUT2D eigenvalue weighted by molar-refractivity contribution is 0.500. The molecule has 6 nitrogen and oxygen atoms in total. The molecule has 2 aromatic rings. The summed E-state index contributed by atoms with van der Waals surface area (Å²) in [5.41, 5.74) is 2.56. The molecule has 0 spiro atoms. The summed E-state index contributed by atoms with van der Waals surface area (Å²) in [7, 11) is 0. The molecule has 7 heteroatoms. The fourth-order valence-corrected chi connectivity index (χ4v) is 2.54. The first kappa shape index (κ1) is 12.4. The first-order valence-electron chi connectivity index (χ1n) is 6.05. The van der Waals surface area contributed by atoms with E-state index in [0.29, 0.717) is 18.4 Å². The number of furan rings is 1. The van der Waals surface area contributed by atoms with Gasteiger partial charge in [0.25, 0.3) is 0 Å². The summed E-state index contributed by atoms with van der Waals surface area (Å²) < 4.78 is 6.19. The Morgan fingerprint density at radius 2 is 2.32 bits per heavy atom. The molecule has 0 aromatic carbocycles. The van der Waals surface area contributed by atoms with Crippen LogP contribution in [0.3, 0.4) is 0 Å². The maximum Gasteiger partial charge on any atom is 0.159 e. The SMILES string of the molecule is NNc1ncnc(N(Cc2ccco2)C2CC2)c1Br. The van der Waals surface area contributed by atoms with Crippen LogP contribution in [0.4, 0.5) is 11.6 Å². The van der Waals surface area contributed by atoms with Crippen molar-refractivity contribution in [1.82, 2.24) is 9.97 Å². The molecule has 100 valence electrons. The monoisotopic (exact) mass is 323 g/mol. The van der Waals surface area contributed by atoms with Gasteiger partial charge in [0.1, 0.15) is 22.4 Å². The topological polar surface area (TPSA) is 80.2 Å². The van der Waals surface area contributed by atoms with E-state index < -0.39 is 0 Å². The number of hydrogen-bond donors (Lipinski definition) is 2. The van der Waals surface area contributed by atoms with Crippen LogP contribution in [-0.2, 0) is 6.54 Å². The Morgan fingerprint density at radius 3 is 2.95 bits per heavy atom. The van der Waals surface area contributed by atoms with E-state index in [1.54, 1.807) is 6.26 Å². The molecule has 0 bridgehead atoms. The van der Waals surface area contributed by atoms with Gasteiger partial charge in [0.2, 0.25) is 0 Å². The van der Waals surface area contributed by atoms with Crippen LogP contribution in [0.2, 0.25) is 0 Å². The summed E-state index contributed by atoms with van der Waals surface area (Å²) in [4.78, 5) is 10.6. The molecule has 0 radical (unpaired) electrons. The van der Waals surface area contributed by atoms with Crippen molar-refractivity contribution in [3.8, 4) is 0 Å². The van der Waals surface area contributed by atoms with Gasteiger partial charge in [0.15, 0.2) is 5.82 Å². The van der Waals surface area contributed by atoms with Gasteiger partial charge in [-0.15, -0.1) is 0 Å². The van der Waals surface area contributed by atoms with Crippen molar-refractivity contribution in [2.75, 3.05) is 10.3 Å². The standard InChI is InChI=1S/C12H14BrN5O/c13-10-11(17-14)15-7-16-12(10)18(8-3-4-8)6-9-2-1-5-19-9/h1-2,5,7-8H,3-4,6,14H2,(H,15,16,17). The van der Waals surface area contributed by atoms with Crippen LogP contribution in [0.5, 0.6) is 0 Å². The molecule has 1 aliphatic carbocycles. The van der Waals surface area contributed by atoms with Gasteiger partial charge >= 0.3 is 0 Å². The van der Waals surface area contributed by atoms with Gasteiger partial charge in [-0.05, 0) is 40.9 Å². The lowest BCUT2D eigenvalue weighted by atomic mass is 10.3. The van der Waals surface area contributed by atoms with Crippen molar-refractivity contribution in [2.24, 2.45) is 5.84 Å². The van der Waals surface area contributed by atoms with Crippen molar-refractivity contribution in [1.29, 1.82) is 0 Å². The number of nitrogens with zero attached hydrogens (tertiary/aromatic N) is 3. The molecule has 1 fully saturated rings. The molecule has 0 atom stereocenters. The van der Waals surface area contributed by atoms with E-state index in [1.165, 1.54) is 19.2 Å². The Balaban J connectivity index is 1.92. The van der Waals surface area contributed by atoms with Crippen LogP contribution in [0, 0.1) is 0 Å². The Morgan fingerprint density at radius 1 is 1.47 bits per heavy atom. The van der Waals surface area contributed by atoms with Crippen molar-refractivity contribution < 1.29 is 4.42 Å². The first-order valence-corrected chi connectivity index (χ1v) is 6.85. The second-order valence-corrected chi connectivity index (χ2v) is 5.24. The van der Waals surface area contributed by atoms with Gasteiger partial charge in [0, 0.05) is 6.04 Å². The summed E-state index contributed by atoms with van der Waals surface area (Å²) in [6, 6.07) is 4.36. The number of aromatic nitrogens is 2. The highest BCUT2D eigenvalue weighted by Gasteiger charge is 2.32. The zero-order chi connectivity index (χ0) is 13.2. The number of anilines is 2. The molecular weight excluding hydrogens is 310 g/mol. The van der Waals surface area contributed by atoms with Crippen molar-refractivity contribution in [3.63, 3.8) is 0 Å². The van der Waals surface area contributed by atoms with Gasteiger partial charge in [-0.2, -0.15) is 0 Å². The number of hydrogen-bond acceptors (Lipinski definition) is 6. The van der Waals surface area contributed by atoms with Crippen LogP contribution in [0.25, 0.3) is 0 Å². The summed E-state index contributed by atoms with van der Waals surface area (Å²) in [5, 5.41) is 0. The van der Waals surface area contributed by atoms with E-state index in [-0.39, 0.29) is 0 Å². The van der Waals surface area contributed by atoms with E-state index in [9.17, 15) is 0 Å². The van der Waals surface area contributed by atoms with Gasteiger partial charge in [-0.25, -0.2) is 15.8 Å². The van der Waals surface area contributed by atoms with Gasteiger partial charge in [-0.1, -0.05) is 0 Å². The summed E-state index contributed by atoms with van der Waals surface area (Å²) in [6.07, 6.45) is 5.53. The Kier molecular flexibility index (Phi) is 3.39. The minimum Gasteiger partial charge on any atom is -0.467 e. The van der Waals surface area contributed by atoms with E-state index in [4.69, 9.17) is 10.3 Å². The number of halogens is 1. The normalized spacial score (nSPS) is 14.4. The summed E-state index contributed by atoms with van der Waals surface area (Å²) >= 11 is 3.50. The Hall–Kier alpha value is -1.60. The van der Waals surface area contributed by atoms with E-state index in [0.717, 1.165) is 16.1 Å². The minimum absolute atomic E-state index is 0.502. The summed E-state index contributed by atoms with van der Waals surface area (Å²) in [6.45, 7) is 0.692. The number of rotatable bonds is 5. The molecule has 1 aliphatic rings. The van der Waals surface area contributed by atoms with Crippen molar-refractivity contribution in [2.45, 2.75) is 25.4 Å². The second kappa shape index (κ2) is 5.18. The molecule has 2 heterocycles. The lowest BCUT2D eigenvalue weighted by Gasteiger charge is -2.23. The van der Waals surface area contributed by atoms with E-state index in [1.807, 2.05) is 12.1 Å². The average molecular weight is 324 g/mol. The molecule has 0 saturated heterocycles. The third-order valence-corrected chi connectivity index (χ3v) is 3.80. The minimum atomic E-state index is 0.502. The van der Waals surface area contributed by atoms with E-state index in [2.05, 4.69) is 36.2 Å². The van der Waals surface area contributed by atoms with Gasteiger partial charge < -0.3 is 14.7 Å². The van der Waals surface area contributed by atoms with Gasteiger partial charge in [0.05, 0.1) is 12.8 Å². The largest absolute Gasteiger partial charge is 0.467 e. The van der Waals surface area contributed by atoms with Crippen molar-refractivity contribution >= 4 is 27.6 Å². The maximum absolute atomic E-state index is 5.44. The third-order valence-electron chi connectivity index (χ3n) is 3.07. The zero-order valence-electron chi connectivity index (χ0n) is 10.2. The Bertz CT molecular complexity index is 555. The number of hydrazine groups is 1. The summed E-state index contributed by atoms with van der Waals surface area (Å²) in [5.74, 6) is 7.77. The second-order valence-electron chi connectivity index (χ2n) is 4.44. The molecule has 19 heavy (non-hydrogen) atoms. The molecule has 2 aromatic heterocycles. The lowest BCUT2D eigenvalue weighted by Crippen LogP contribution is -2.26. The van der Waals surface area contributed by atoms with Crippen LogP contribution in [-0.4, -0.2) is 16.0 Å². The molecule has 0 unspecified atom stereocenters. The Labute approximate surface area is 119 Å². The molecule has 0 aliphatic heterocycles. The highest BCUT2D eigenvalue weighted by atomic mass is 79.9. The predicted octanol–water partition coefficient (Wildman–Crippen LogP) is 2.29. The predicted molar refractivity (Wildman–Crippen MR) is 75.5 cm³/mol. The van der Waals surface area contributed by atoms with Crippen molar-refractivity contribution in [3.05, 3.63) is 35.0 Å². The molecular formula is C12H14BrN5O. The number of nitrogens with two attached hydrogens (primary N) is 1. The highest BCUT2D eigenvalue weighted by Crippen LogP contribution is 2.37. The molecule has 1 saturated carbocycles. The fourth-order valence-electron chi connectivity index (χ4n) is 1.99. The number of nitrogen functional groups attached to an aromatic ring is 1. The van der Waals surface area contributed by atoms with E-state index >= 15 is 0 Å². The smallest absolute Gasteiger partial charge is 0.159 e. The molecule has 3 rings (SSSR count). The first-order chi connectivity index (χ1) is 9.29. The number of nitrogens with one attached hydrogen (secondary N) is 1. The molecule has 0 amide bonds. The van der Waals surface area contributed by atoms with Crippen LogP contribution < -0.4 is 16.2 Å².